The first-order chi connectivity index (χ1) is 9.01. The van der Waals surface area contributed by atoms with Gasteiger partial charge in [-0.2, -0.15) is 0 Å². The number of Topliss-reactive ketones (excluding diaryl/α,β-unsaturated/α-hetero) is 1. The Kier molecular flexibility index (Phi) is 5.44. The van der Waals surface area contributed by atoms with Crippen LogP contribution in [0.15, 0.2) is 18.2 Å². The number of ketones is 1. The smallest absolute Gasteiger partial charge is 0.280 e. The van der Waals surface area contributed by atoms with Crippen molar-refractivity contribution in [1.29, 1.82) is 0 Å². The van der Waals surface area contributed by atoms with Crippen LogP contribution in [0.4, 0.5) is 11.4 Å². The third kappa shape index (κ3) is 3.75. The number of aliphatic hydroxyl groups excluding tert-OH is 1. The summed E-state index contributed by atoms with van der Waals surface area (Å²) in [5.41, 5.74) is 0.700. The predicted molar refractivity (Wildman–Crippen MR) is 72.7 cm³/mol. The van der Waals surface area contributed by atoms with Gasteiger partial charge >= 0.3 is 0 Å². The Morgan fingerprint density at radius 3 is 2.63 bits per heavy atom. The van der Waals surface area contributed by atoms with Crippen molar-refractivity contribution in [3.05, 3.63) is 33.9 Å². The van der Waals surface area contributed by atoms with Crippen LogP contribution in [0.1, 0.15) is 30.6 Å². The SMILES string of the molecule is CCN(CCCO)c1ccc([N+](=O)[O-])c(C(C)=O)c1. The van der Waals surface area contributed by atoms with Crippen LogP contribution in [0.2, 0.25) is 0 Å². The Labute approximate surface area is 111 Å². The van der Waals surface area contributed by atoms with Crippen molar-refractivity contribution in [2.45, 2.75) is 20.3 Å². The van der Waals surface area contributed by atoms with Crippen molar-refractivity contribution in [2.75, 3.05) is 24.6 Å². The quantitative estimate of drug-likeness (QED) is 0.463. The van der Waals surface area contributed by atoms with Crippen LogP contribution in [0.25, 0.3) is 0 Å². The summed E-state index contributed by atoms with van der Waals surface area (Å²) in [6.45, 7) is 4.70. The molecule has 0 saturated carbocycles. The van der Waals surface area contributed by atoms with Gasteiger partial charge in [-0.05, 0) is 32.4 Å². The Hall–Kier alpha value is -1.95. The lowest BCUT2D eigenvalue weighted by Gasteiger charge is -2.23. The minimum absolute atomic E-state index is 0.0864. The summed E-state index contributed by atoms with van der Waals surface area (Å²) in [6.07, 6.45) is 0.611. The van der Waals surface area contributed by atoms with Crippen LogP contribution in [-0.2, 0) is 0 Å². The fourth-order valence-electron chi connectivity index (χ4n) is 1.89. The third-order valence-electron chi connectivity index (χ3n) is 2.89. The van der Waals surface area contributed by atoms with E-state index in [1.165, 1.54) is 13.0 Å². The van der Waals surface area contributed by atoms with E-state index in [9.17, 15) is 14.9 Å². The van der Waals surface area contributed by atoms with Gasteiger partial charge in [-0.3, -0.25) is 14.9 Å². The lowest BCUT2D eigenvalue weighted by molar-refractivity contribution is -0.385. The van der Waals surface area contributed by atoms with E-state index in [0.717, 1.165) is 5.69 Å². The van der Waals surface area contributed by atoms with Gasteiger partial charge in [0.2, 0.25) is 0 Å². The van der Waals surface area contributed by atoms with Gasteiger partial charge in [0.25, 0.3) is 5.69 Å². The summed E-state index contributed by atoms with van der Waals surface area (Å²) in [4.78, 5) is 23.8. The lowest BCUT2D eigenvalue weighted by Crippen LogP contribution is -2.24. The van der Waals surface area contributed by atoms with Crippen molar-refractivity contribution in [3.8, 4) is 0 Å². The van der Waals surface area contributed by atoms with Crippen molar-refractivity contribution >= 4 is 17.2 Å². The van der Waals surface area contributed by atoms with E-state index in [4.69, 9.17) is 5.11 Å². The molecule has 1 rings (SSSR count). The number of nitro groups is 1. The molecule has 1 aromatic carbocycles. The molecule has 6 heteroatoms. The number of anilines is 1. The number of hydrogen-bond donors (Lipinski definition) is 1. The van der Waals surface area contributed by atoms with Crippen LogP contribution in [0, 0.1) is 10.1 Å². The summed E-state index contributed by atoms with van der Waals surface area (Å²) in [6, 6.07) is 4.53. The van der Waals surface area contributed by atoms with E-state index >= 15 is 0 Å². The highest BCUT2D eigenvalue weighted by molar-refractivity contribution is 5.99. The Balaban J connectivity index is 3.13. The van der Waals surface area contributed by atoms with Crippen molar-refractivity contribution in [2.24, 2.45) is 0 Å². The highest BCUT2D eigenvalue weighted by atomic mass is 16.6. The standard InChI is InChI=1S/C13H18N2O4/c1-3-14(7-4-8-16)11-5-6-13(15(18)19)12(9-11)10(2)17/h5-6,9,16H,3-4,7-8H2,1-2H3. The van der Waals surface area contributed by atoms with Gasteiger partial charge < -0.3 is 10.0 Å². The zero-order valence-corrected chi connectivity index (χ0v) is 11.1. The minimum atomic E-state index is -0.551. The molecule has 0 saturated heterocycles. The monoisotopic (exact) mass is 266 g/mol. The second-order valence-corrected chi connectivity index (χ2v) is 4.17. The zero-order chi connectivity index (χ0) is 14.4. The maximum Gasteiger partial charge on any atom is 0.280 e. The molecule has 0 aromatic heterocycles. The average Bonchev–Trinajstić information content (AvgIpc) is 2.39. The van der Waals surface area contributed by atoms with E-state index in [0.29, 0.717) is 19.5 Å². The number of carbonyl (C=O) groups is 1. The first-order valence-electron chi connectivity index (χ1n) is 6.16. The van der Waals surface area contributed by atoms with Gasteiger partial charge in [0.05, 0.1) is 10.5 Å². The highest BCUT2D eigenvalue weighted by Gasteiger charge is 2.19. The predicted octanol–water partition coefficient (Wildman–Crippen LogP) is 2.01. The molecule has 1 N–H and O–H groups in total. The molecule has 104 valence electrons. The molecule has 6 nitrogen and oxygen atoms in total. The van der Waals surface area contributed by atoms with Gasteiger partial charge in [0.15, 0.2) is 5.78 Å². The second kappa shape index (κ2) is 6.84. The molecule has 0 amide bonds. The molecule has 0 bridgehead atoms. The fourth-order valence-corrected chi connectivity index (χ4v) is 1.89. The number of hydrogen-bond acceptors (Lipinski definition) is 5. The van der Waals surface area contributed by atoms with Gasteiger partial charge in [0.1, 0.15) is 0 Å². The van der Waals surface area contributed by atoms with Gasteiger partial charge in [0, 0.05) is 31.5 Å². The van der Waals surface area contributed by atoms with Crippen LogP contribution in [-0.4, -0.2) is 35.5 Å². The number of nitro benzene ring substituents is 1. The molecule has 0 heterocycles. The molecule has 19 heavy (non-hydrogen) atoms. The van der Waals surface area contributed by atoms with Crippen molar-refractivity contribution in [3.63, 3.8) is 0 Å². The summed E-state index contributed by atoms with van der Waals surface area (Å²) in [7, 11) is 0. The molecule has 0 spiro atoms. The molecule has 0 aliphatic carbocycles. The molecular formula is C13H18N2O4. The first kappa shape index (κ1) is 15.1. The first-order valence-corrected chi connectivity index (χ1v) is 6.16. The van der Waals surface area contributed by atoms with Crippen LogP contribution in [0.5, 0.6) is 0 Å². The number of nitrogens with zero attached hydrogens (tertiary/aromatic N) is 2. The molecule has 0 unspecified atom stereocenters. The second-order valence-electron chi connectivity index (χ2n) is 4.17. The highest BCUT2D eigenvalue weighted by Crippen LogP contribution is 2.25. The van der Waals surface area contributed by atoms with Crippen LogP contribution in [0.3, 0.4) is 0 Å². The summed E-state index contributed by atoms with van der Waals surface area (Å²) < 4.78 is 0. The average molecular weight is 266 g/mol. The van der Waals surface area contributed by atoms with Gasteiger partial charge in [-0.25, -0.2) is 0 Å². The molecule has 0 fully saturated rings. The number of benzene rings is 1. The number of carbonyl (C=O) groups excluding carboxylic acids is 1. The lowest BCUT2D eigenvalue weighted by atomic mass is 10.1. The molecule has 0 aliphatic heterocycles. The molecule has 0 radical (unpaired) electrons. The molecular weight excluding hydrogens is 248 g/mol. The Morgan fingerprint density at radius 2 is 2.16 bits per heavy atom. The normalized spacial score (nSPS) is 10.3. The number of aliphatic hydroxyl groups is 1. The Bertz CT molecular complexity index is 474. The van der Waals surface area contributed by atoms with E-state index in [2.05, 4.69) is 0 Å². The zero-order valence-electron chi connectivity index (χ0n) is 11.1. The molecule has 0 aliphatic rings. The maximum absolute atomic E-state index is 11.5. The number of rotatable bonds is 7. The fraction of sp³-hybridized carbons (Fsp3) is 0.462. The maximum atomic E-state index is 11.5. The van der Waals surface area contributed by atoms with Crippen molar-refractivity contribution < 1.29 is 14.8 Å². The Morgan fingerprint density at radius 1 is 1.47 bits per heavy atom. The largest absolute Gasteiger partial charge is 0.396 e. The van der Waals surface area contributed by atoms with Crippen LogP contribution >= 0.6 is 0 Å². The van der Waals surface area contributed by atoms with Gasteiger partial charge in [-0.1, -0.05) is 0 Å². The van der Waals surface area contributed by atoms with Crippen LogP contribution < -0.4 is 4.90 Å². The van der Waals surface area contributed by atoms with Gasteiger partial charge in [-0.15, -0.1) is 0 Å². The van der Waals surface area contributed by atoms with Crippen molar-refractivity contribution in [1.82, 2.24) is 0 Å². The summed E-state index contributed by atoms with van der Waals surface area (Å²) in [5, 5.41) is 19.7. The summed E-state index contributed by atoms with van der Waals surface area (Å²) >= 11 is 0. The van der Waals surface area contributed by atoms with E-state index < -0.39 is 4.92 Å². The van der Waals surface area contributed by atoms with E-state index in [1.54, 1.807) is 12.1 Å². The van der Waals surface area contributed by atoms with E-state index in [-0.39, 0.29) is 23.6 Å². The third-order valence-corrected chi connectivity index (χ3v) is 2.89. The topological polar surface area (TPSA) is 83.7 Å². The van der Waals surface area contributed by atoms with E-state index in [1.807, 2.05) is 11.8 Å². The molecule has 0 atom stereocenters. The summed E-state index contributed by atoms with van der Waals surface area (Å²) in [5.74, 6) is -0.327. The molecule has 1 aromatic rings. The minimum Gasteiger partial charge on any atom is -0.396 e.